The fourth-order valence-electron chi connectivity index (χ4n) is 4.39. The van der Waals surface area contributed by atoms with E-state index < -0.39 is 17.6 Å². The van der Waals surface area contributed by atoms with E-state index in [1.165, 1.54) is 4.90 Å². The highest BCUT2D eigenvalue weighted by molar-refractivity contribution is 5.92. The molecule has 0 saturated carbocycles. The lowest BCUT2D eigenvalue weighted by molar-refractivity contribution is -0.148. The second kappa shape index (κ2) is 7.59. The Morgan fingerprint density at radius 2 is 2.03 bits per heavy atom. The van der Waals surface area contributed by atoms with Gasteiger partial charge in [0.25, 0.3) is 5.91 Å². The van der Waals surface area contributed by atoms with Crippen LogP contribution in [-0.2, 0) is 16.0 Å². The molecule has 2 aliphatic rings. The van der Waals surface area contributed by atoms with Crippen molar-refractivity contribution in [2.75, 3.05) is 13.2 Å². The number of carboxylic acid groups (broad SMARTS) is 1. The molecule has 0 unspecified atom stereocenters. The summed E-state index contributed by atoms with van der Waals surface area (Å²) in [6.45, 7) is 7.58. The summed E-state index contributed by atoms with van der Waals surface area (Å²) in [6, 6.07) is 0.930. The first-order chi connectivity index (χ1) is 14.6. The Morgan fingerprint density at radius 1 is 1.29 bits per heavy atom. The van der Waals surface area contributed by atoms with Crippen LogP contribution in [0.5, 0.6) is 11.5 Å². The van der Waals surface area contributed by atoms with Crippen LogP contribution in [0.3, 0.4) is 0 Å². The number of likely N-dealkylation sites (tertiary alicyclic amines) is 1. The summed E-state index contributed by atoms with van der Waals surface area (Å²) >= 11 is 0. The van der Waals surface area contributed by atoms with Crippen molar-refractivity contribution in [3.05, 3.63) is 33.2 Å². The van der Waals surface area contributed by atoms with Crippen molar-refractivity contribution < 1.29 is 28.6 Å². The van der Waals surface area contributed by atoms with Crippen LogP contribution in [0.25, 0.3) is 11.0 Å². The maximum absolute atomic E-state index is 12.7. The van der Waals surface area contributed by atoms with Crippen molar-refractivity contribution in [3.8, 4) is 11.5 Å². The van der Waals surface area contributed by atoms with Crippen LogP contribution in [-0.4, -0.2) is 46.7 Å². The zero-order valence-electron chi connectivity index (χ0n) is 18.2. The highest BCUT2D eigenvalue weighted by Gasteiger charge is 2.35. The number of fused-ring (bicyclic) bond motifs is 3. The molecular weight excluding hydrogens is 402 g/mol. The molecule has 1 N–H and O–H groups in total. The van der Waals surface area contributed by atoms with Gasteiger partial charge in [0.05, 0.1) is 5.39 Å². The van der Waals surface area contributed by atoms with E-state index in [1.54, 1.807) is 13.0 Å². The third-order valence-corrected chi connectivity index (χ3v) is 6.32. The topological polar surface area (TPSA) is 106 Å². The van der Waals surface area contributed by atoms with Crippen LogP contribution < -0.4 is 15.1 Å². The van der Waals surface area contributed by atoms with Gasteiger partial charge in [0.15, 0.2) is 6.61 Å². The Hall–Kier alpha value is -3.03. The van der Waals surface area contributed by atoms with Crippen molar-refractivity contribution in [2.45, 2.75) is 65.0 Å². The molecule has 1 amide bonds. The standard InChI is InChI=1S/C23H27NO7/c1-12-13(2)22(28)30-20-14-7-8-23(3,4)31-16(14)10-17(19(12)20)29-11-18(25)24-9-5-6-15(24)21(26)27/h10,15H,5-9,11H2,1-4H3,(H,26,27)/t15-/m0/s1. The van der Waals surface area contributed by atoms with Crippen molar-refractivity contribution in [3.63, 3.8) is 0 Å². The van der Waals surface area contributed by atoms with Crippen LogP contribution in [0.4, 0.5) is 0 Å². The summed E-state index contributed by atoms with van der Waals surface area (Å²) < 4.78 is 17.7. The predicted molar refractivity (Wildman–Crippen MR) is 113 cm³/mol. The molecule has 1 fully saturated rings. The molecule has 31 heavy (non-hydrogen) atoms. The van der Waals surface area contributed by atoms with Gasteiger partial charge in [-0.3, -0.25) is 4.79 Å². The molecule has 2 aromatic rings. The van der Waals surface area contributed by atoms with E-state index in [0.717, 1.165) is 17.5 Å². The van der Waals surface area contributed by atoms with Crippen molar-refractivity contribution in [1.29, 1.82) is 0 Å². The third-order valence-electron chi connectivity index (χ3n) is 6.32. The molecule has 0 bridgehead atoms. The summed E-state index contributed by atoms with van der Waals surface area (Å²) in [5, 5.41) is 9.98. The molecule has 0 radical (unpaired) electrons. The maximum Gasteiger partial charge on any atom is 0.339 e. The fraction of sp³-hybridized carbons (Fsp3) is 0.522. The SMILES string of the molecule is Cc1c(C)c2c(OCC(=O)N3CCC[C@H]3C(=O)O)cc3c(c2oc1=O)CCC(C)(C)O3. The molecule has 8 nitrogen and oxygen atoms in total. The van der Waals surface area contributed by atoms with Crippen LogP contribution in [0, 0.1) is 13.8 Å². The number of aryl methyl sites for hydroxylation is 2. The zero-order chi connectivity index (χ0) is 22.5. The molecule has 8 heteroatoms. The van der Waals surface area contributed by atoms with Crippen LogP contribution >= 0.6 is 0 Å². The highest BCUT2D eigenvalue weighted by Crippen LogP contribution is 2.43. The Labute approximate surface area is 179 Å². The number of ether oxygens (including phenoxy) is 2. The lowest BCUT2D eigenvalue weighted by Gasteiger charge is -2.33. The molecule has 3 heterocycles. The van der Waals surface area contributed by atoms with E-state index in [4.69, 9.17) is 13.9 Å². The molecule has 1 aromatic heterocycles. The number of rotatable bonds is 4. The van der Waals surface area contributed by atoms with Gasteiger partial charge in [-0.15, -0.1) is 0 Å². The maximum atomic E-state index is 12.7. The van der Waals surface area contributed by atoms with Gasteiger partial charge in [-0.25, -0.2) is 9.59 Å². The van der Waals surface area contributed by atoms with Gasteiger partial charge in [0.2, 0.25) is 0 Å². The number of hydrogen-bond donors (Lipinski definition) is 1. The molecule has 2 aliphatic heterocycles. The molecule has 4 rings (SSSR count). The van der Waals surface area contributed by atoms with Gasteiger partial charge in [-0.05, 0) is 58.9 Å². The molecule has 1 saturated heterocycles. The first-order valence-corrected chi connectivity index (χ1v) is 10.5. The monoisotopic (exact) mass is 429 g/mol. The molecule has 1 atom stereocenters. The summed E-state index contributed by atoms with van der Waals surface area (Å²) in [7, 11) is 0. The Kier molecular flexibility index (Phi) is 5.19. The first kappa shape index (κ1) is 21.2. The van der Waals surface area contributed by atoms with Crippen molar-refractivity contribution in [2.24, 2.45) is 0 Å². The van der Waals surface area contributed by atoms with Gasteiger partial charge in [-0.2, -0.15) is 0 Å². The molecule has 0 aliphatic carbocycles. The molecule has 166 valence electrons. The normalized spacial score (nSPS) is 19.7. The molecule has 0 spiro atoms. The summed E-state index contributed by atoms with van der Waals surface area (Å²) in [6.07, 6.45) is 2.56. The minimum Gasteiger partial charge on any atom is -0.487 e. The van der Waals surface area contributed by atoms with Gasteiger partial charge in [0, 0.05) is 23.7 Å². The smallest absolute Gasteiger partial charge is 0.339 e. The minimum absolute atomic E-state index is 0.307. The van der Waals surface area contributed by atoms with Crippen LogP contribution in [0.1, 0.15) is 49.8 Å². The number of nitrogens with zero attached hydrogens (tertiary/aromatic N) is 1. The van der Waals surface area contributed by atoms with E-state index in [-0.39, 0.29) is 18.1 Å². The van der Waals surface area contributed by atoms with Gasteiger partial charge >= 0.3 is 11.6 Å². The summed E-state index contributed by atoms with van der Waals surface area (Å²) in [4.78, 5) is 37.8. The second-order valence-corrected chi connectivity index (χ2v) is 8.93. The average molecular weight is 429 g/mol. The van der Waals surface area contributed by atoms with E-state index in [1.807, 2.05) is 20.8 Å². The van der Waals surface area contributed by atoms with Crippen LogP contribution in [0.2, 0.25) is 0 Å². The number of aliphatic carboxylic acids is 1. The zero-order valence-corrected chi connectivity index (χ0v) is 18.2. The van der Waals surface area contributed by atoms with Gasteiger partial charge in [-0.1, -0.05) is 0 Å². The lowest BCUT2D eigenvalue weighted by atomic mass is 9.92. The van der Waals surface area contributed by atoms with Gasteiger partial charge in [0.1, 0.15) is 28.7 Å². The van der Waals surface area contributed by atoms with E-state index in [9.17, 15) is 19.5 Å². The number of amides is 1. The van der Waals surface area contributed by atoms with E-state index >= 15 is 0 Å². The van der Waals surface area contributed by atoms with Crippen molar-refractivity contribution >= 4 is 22.8 Å². The Balaban J connectivity index is 1.73. The number of hydrogen-bond acceptors (Lipinski definition) is 6. The number of benzene rings is 1. The van der Waals surface area contributed by atoms with Crippen molar-refractivity contribution in [1.82, 2.24) is 4.90 Å². The first-order valence-electron chi connectivity index (χ1n) is 10.5. The second-order valence-electron chi connectivity index (χ2n) is 8.93. The predicted octanol–water partition coefficient (Wildman–Crippen LogP) is 2.97. The summed E-state index contributed by atoms with van der Waals surface area (Å²) in [5.41, 5.74) is 1.66. The summed E-state index contributed by atoms with van der Waals surface area (Å²) in [5.74, 6) is -0.435. The Morgan fingerprint density at radius 3 is 2.74 bits per heavy atom. The molecular formula is C23H27NO7. The number of carbonyl (C=O) groups is 2. The fourth-order valence-corrected chi connectivity index (χ4v) is 4.39. The third kappa shape index (κ3) is 3.75. The lowest BCUT2D eigenvalue weighted by Crippen LogP contribution is -2.42. The minimum atomic E-state index is -1.01. The quantitative estimate of drug-likeness (QED) is 0.745. The number of carboxylic acids is 1. The Bertz CT molecular complexity index is 1130. The van der Waals surface area contributed by atoms with Crippen LogP contribution in [0.15, 0.2) is 15.3 Å². The van der Waals surface area contributed by atoms with E-state index in [0.29, 0.717) is 53.8 Å². The highest BCUT2D eigenvalue weighted by atomic mass is 16.5. The van der Waals surface area contributed by atoms with Gasteiger partial charge < -0.3 is 23.9 Å². The average Bonchev–Trinajstić information content (AvgIpc) is 3.19. The largest absolute Gasteiger partial charge is 0.487 e. The molecule has 1 aromatic carbocycles. The number of carbonyl (C=O) groups excluding carboxylic acids is 1. The van der Waals surface area contributed by atoms with E-state index in [2.05, 4.69) is 0 Å².